The van der Waals surface area contributed by atoms with Crippen molar-refractivity contribution in [3.63, 3.8) is 0 Å². The van der Waals surface area contributed by atoms with Gasteiger partial charge in [-0.15, -0.1) is 0 Å². The van der Waals surface area contributed by atoms with E-state index in [-0.39, 0.29) is 11.6 Å². The van der Waals surface area contributed by atoms with Gasteiger partial charge in [-0.05, 0) is 46.3 Å². The first-order valence-electron chi connectivity index (χ1n) is 5.22. The van der Waals surface area contributed by atoms with E-state index in [1.54, 1.807) is 24.3 Å². The lowest BCUT2D eigenvalue weighted by Crippen LogP contribution is -2.13. The highest BCUT2D eigenvalue weighted by Crippen LogP contribution is 2.25. The van der Waals surface area contributed by atoms with Crippen molar-refractivity contribution in [1.82, 2.24) is 4.98 Å². The highest BCUT2D eigenvalue weighted by Gasteiger charge is 2.08. The zero-order chi connectivity index (χ0) is 13.8. The maximum atomic E-state index is 11.9. The summed E-state index contributed by atoms with van der Waals surface area (Å²) in [6, 6.07) is 10.0. The Balaban J connectivity index is 2.16. The number of nitrogens with zero attached hydrogens (tertiary/aromatic N) is 2. The van der Waals surface area contributed by atoms with Gasteiger partial charge in [-0.2, -0.15) is 5.26 Å². The van der Waals surface area contributed by atoms with Crippen molar-refractivity contribution in [3.8, 4) is 6.07 Å². The molecule has 2 aromatic rings. The van der Waals surface area contributed by atoms with Crippen molar-refractivity contribution in [2.75, 3.05) is 5.32 Å². The second-order valence-corrected chi connectivity index (χ2v) is 4.89. The van der Waals surface area contributed by atoms with Crippen LogP contribution in [0.15, 0.2) is 41.0 Å². The Kier molecular flexibility index (Phi) is 4.15. The Hall–Kier alpha value is -1.90. The molecule has 0 saturated carbocycles. The smallest absolute Gasteiger partial charge is 0.274 e. The Labute approximate surface area is 123 Å². The third-order valence-corrected chi connectivity index (χ3v) is 3.52. The first-order chi connectivity index (χ1) is 9.10. The van der Waals surface area contributed by atoms with Crippen LogP contribution in [0.3, 0.4) is 0 Å². The van der Waals surface area contributed by atoms with Crippen LogP contribution in [-0.4, -0.2) is 10.9 Å². The topological polar surface area (TPSA) is 65.8 Å². The zero-order valence-electron chi connectivity index (χ0n) is 9.52. The third-order valence-electron chi connectivity index (χ3n) is 2.30. The zero-order valence-corrected chi connectivity index (χ0v) is 11.9. The van der Waals surface area contributed by atoms with E-state index in [1.807, 2.05) is 6.07 Å². The molecule has 1 aromatic heterocycles. The van der Waals surface area contributed by atoms with Gasteiger partial charge in [-0.25, -0.2) is 4.98 Å². The summed E-state index contributed by atoms with van der Waals surface area (Å²) < 4.78 is 0.694. The van der Waals surface area contributed by atoms with E-state index in [4.69, 9.17) is 16.9 Å². The van der Waals surface area contributed by atoms with Crippen molar-refractivity contribution in [2.45, 2.75) is 0 Å². The summed E-state index contributed by atoms with van der Waals surface area (Å²) in [5.74, 6) is -0.348. The number of nitriles is 1. The summed E-state index contributed by atoms with van der Waals surface area (Å²) in [5, 5.41) is 11.9. The Morgan fingerprint density at radius 1 is 1.37 bits per heavy atom. The normalized spacial score (nSPS) is 9.74. The van der Waals surface area contributed by atoms with Crippen LogP contribution >= 0.6 is 27.5 Å². The van der Waals surface area contributed by atoms with Gasteiger partial charge in [0.05, 0.1) is 10.6 Å². The van der Waals surface area contributed by atoms with E-state index in [2.05, 4.69) is 26.2 Å². The van der Waals surface area contributed by atoms with Crippen molar-refractivity contribution < 1.29 is 4.79 Å². The van der Waals surface area contributed by atoms with E-state index in [9.17, 15) is 4.79 Å². The first-order valence-corrected chi connectivity index (χ1v) is 6.40. The van der Waals surface area contributed by atoms with Gasteiger partial charge in [-0.3, -0.25) is 4.79 Å². The van der Waals surface area contributed by atoms with E-state index >= 15 is 0 Å². The Morgan fingerprint density at radius 2 is 2.16 bits per heavy atom. The molecular formula is C13H7BrClN3O. The number of rotatable bonds is 2. The number of halogens is 2. The number of nitrogens with one attached hydrogen (secondary N) is 1. The van der Waals surface area contributed by atoms with E-state index < -0.39 is 0 Å². The molecule has 0 aliphatic rings. The lowest BCUT2D eigenvalue weighted by atomic mass is 10.2. The molecule has 4 nitrogen and oxygen atoms in total. The average molecular weight is 337 g/mol. The monoisotopic (exact) mass is 335 g/mol. The van der Waals surface area contributed by atoms with Gasteiger partial charge in [0.2, 0.25) is 0 Å². The van der Waals surface area contributed by atoms with Crippen molar-refractivity contribution in [3.05, 3.63) is 57.3 Å². The number of pyridine rings is 1. The van der Waals surface area contributed by atoms with E-state index in [0.717, 1.165) is 0 Å². The highest BCUT2D eigenvalue weighted by molar-refractivity contribution is 9.10. The summed E-state index contributed by atoms with van der Waals surface area (Å²) in [5.41, 5.74) is 1.25. The fourth-order valence-electron chi connectivity index (χ4n) is 1.36. The van der Waals surface area contributed by atoms with Gasteiger partial charge in [0.15, 0.2) is 0 Å². The van der Waals surface area contributed by atoms with Gasteiger partial charge in [0, 0.05) is 16.4 Å². The van der Waals surface area contributed by atoms with E-state index in [0.29, 0.717) is 20.7 Å². The molecule has 2 rings (SSSR count). The van der Waals surface area contributed by atoms with Gasteiger partial charge in [0.1, 0.15) is 11.8 Å². The van der Waals surface area contributed by atoms with Crippen LogP contribution < -0.4 is 5.32 Å². The van der Waals surface area contributed by atoms with Crippen LogP contribution in [0, 0.1) is 11.3 Å². The third kappa shape index (κ3) is 3.31. The number of hydrogen-bond donors (Lipinski definition) is 1. The molecule has 0 fully saturated rings. The van der Waals surface area contributed by atoms with Crippen LogP contribution in [0.25, 0.3) is 0 Å². The Bertz CT molecular complexity index is 665. The maximum Gasteiger partial charge on any atom is 0.274 e. The number of hydrogen-bond acceptors (Lipinski definition) is 3. The molecule has 19 heavy (non-hydrogen) atoms. The number of carbonyl (C=O) groups excluding carboxylic acids is 1. The van der Waals surface area contributed by atoms with Crippen LogP contribution in [-0.2, 0) is 0 Å². The molecule has 0 aliphatic heterocycles. The molecular weight excluding hydrogens is 330 g/mol. The predicted molar refractivity (Wildman–Crippen MR) is 76.1 cm³/mol. The van der Waals surface area contributed by atoms with E-state index in [1.165, 1.54) is 12.3 Å². The van der Waals surface area contributed by atoms with Gasteiger partial charge in [0.25, 0.3) is 5.91 Å². The number of aromatic nitrogens is 1. The molecule has 0 radical (unpaired) electrons. The summed E-state index contributed by atoms with van der Waals surface area (Å²) in [7, 11) is 0. The molecule has 0 spiro atoms. The fourth-order valence-corrected chi connectivity index (χ4v) is 1.86. The molecule has 0 unspecified atom stereocenters. The summed E-state index contributed by atoms with van der Waals surface area (Å²) >= 11 is 9.14. The minimum absolute atomic E-state index is 0.241. The summed E-state index contributed by atoms with van der Waals surface area (Å²) in [6.45, 7) is 0. The largest absolute Gasteiger partial charge is 0.321 e. The molecule has 0 bridgehead atoms. The lowest BCUT2D eigenvalue weighted by Gasteiger charge is -2.05. The van der Waals surface area contributed by atoms with Gasteiger partial charge < -0.3 is 5.32 Å². The fraction of sp³-hybridized carbons (Fsp3) is 0. The second kappa shape index (κ2) is 5.83. The van der Waals surface area contributed by atoms with Crippen molar-refractivity contribution in [2.24, 2.45) is 0 Å². The SMILES string of the molecule is N#Cc1ccc(C(=O)Nc2ccc(Cl)c(Br)c2)nc1. The molecule has 1 aromatic carbocycles. The molecule has 1 heterocycles. The standard InChI is InChI=1S/C13H7BrClN3O/c14-10-5-9(2-3-11(10)15)18-13(19)12-4-1-8(6-16)7-17-12/h1-5,7H,(H,18,19). The average Bonchev–Trinajstić information content (AvgIpc) is 2.43. The molecule has 6 heteroatoms. The minimum Gasteiger partial charge on any atom is -0.321 e. The quantitative estimate of drug-likeness (QED) is 0.911. The number of carbonyl (C=O) groups is 1. The van der Waals surface area contributed by atoms with Crippen LogP contribution in [0.2, 0.25) is 5.02 Å². The summed E-state index contributed by atoms with van der Waals surface area (Å²) in [4.78, 5) is 15.8. The number of amides is 1. The Morgan fingerprint density at radius 3 is 2.74 bits per heavy atom. The molecule has 0 saturated heterocycles. The first kappa shape index (κ1) is 13.5. The minimum atomic E-state index is -0.348. The highest BCUT2D eigenvalue weighted by atomic mass is 79.9. The van der Waals surface area contributed by atoms with Gasteiger partial charge in [-0.1, -0.05) is 11.6 Å². The molecule has 94 valence electrons. The van der Waals surface area contributed by atoms with Crippen LogP contribution in [0.5, 0.6) is 0 Å². The molecule has 0 atom stereocenters. The van der Waals surface area contributed by atoms with Crippen molar-refractivity contribution in [1.29, 1.82) is 5.26 Å². The predicted octanol–water partition coefficient (Wildman–Crippen LogP) is 3.62. The second-order valence-electron chi connectivity index (χ2n) is 3.63. The maximum absolute atomic E-state index is 11.9. The molecule has 1 amide bonds. The lowest BCUT2D eigenvalue weighted by molar-refractivity contribution is 0.102. The van der Waals surface area contributed by atoms with Crippen molar-refractivity contribution >= 4 is 39.1 Å². The number of benzene rings is 1. The van der Waals surface area contributed by atoms with Crippen LogP contribution in [0.4, 0.5) is 5.69 Å². The molecule has 1 N–H and O–H groups in total. The number of anilines is 1. The van der Waals surface area contributed by atoms with Gasteiger partial charge >= 0.3 is 0 Å². The summed E-state index contributed by atoms with van der Waals surface area (Å²) in [6.07, 6.45) is 1.35. The molecule has 0 aliphatic carbocycles. The van der Waals surface area contributed by atoms with Crippen LogP contribution in [0.1, 0.15) is 16.1 Å².